The highest BCUT2D eigenvalue weighted by molar-refractivity contribution is 9.10. The van der Waals surface area contributed by atoms with E-state index >= 15 is 0 Å². The lowest BCUT2D eigenvalue weighted by molar-refractivity contribution is -0.0444. The van der Waals surface area contributed by atoms with Crippen LogP contribution in [0.5, 0.6) is 0 Å². The zero-order chi connectivity index (χ0) is 18.0. The zero-order valence-electron chi connectivity index (χ0n) is 15.3. The van der Waals surface area contributed by atoms with Crippen molar-refractivity contribution in [3.8, 4) is 23.7 Å². The van der Waals surface area contributed by atoms with Crippen molar-refractivity contribution >= 4 is 15.9 Å². The van der Waals surface area contributed by atoms with Crippen molar-refractivity contribution in [1.82, 2.24) is 0 Å². The normalized spacial score (nSPS) is 15.5. The van der Waals surface area contributed by atoms with Crippen molar-refractivity contribution in [3.05, 3.63) is 33.3 Å². The molecule has 0 bridgehead atoms. The maximum absolute atomic E-state index is 5.75. The van der Waals surface area contributed by atoms with E-state index in [1.807, 2.05) is 12.1 Å². The Hall–Kier alpha value is -1.26. The van der Waals surface area contributed by atoms with Crippen LogP contribution < -0.4 is 0 Å². The van der Waals surface area contributed by atoms with E-state index in [0.717, 1.165) is 21.2 Å². The average Bonchev–Trinajstić information content (AvgIpc) is 2.94. The minimum atomic E-state index is -0.397. The Morgan fingerprint density at radius 3 is 1.67 bits per heavy atom. The number of hydrogen-bond acceptors (Lipinski definition) is 2. The van der Waals surface area contributed by atoms with E-state index in [4.69, 9.17) is 9.47 Å². The third-order valence-corrected chi connectivity index (χ3v) is 3.60. The number of ether oxygens (including phenoxy) is 2. The van der Waals surface area contributed by atoms with Gasteiger partial charge in [-0.2, -0.15) is 0 Å². The van der Waals surface area contributed by atoms with Gasteiger partial charge in [0, 0.05) is 32.0 Å². The van der Waals surface area contributed by atoms with Gasteiger partial charge in [-0.15, -0.1) is 0 Å². The predicted octanol–water partition coefficient (Wildman–Crippen LogP) is 5.29. The highest BCUT2D eigenvalue weighted by atomic mass is 79.9. The first-order valence-corrected chi connectivity index (χ1v) is 8.97. The van der Waals surface area contributed by atoms with Crippen LogP contribution in [0.25, 0.3) is 0 Å². The molecule has 0 aromatic heterocycles. The van der Waals surface area contributed by atoms with Gasteiger partial charge in [0.25, 0.3) is 0 Å². The summed E-state index contributed by atoms with van der Waals surface area (Å²) in [5.41, 5.74) is 2.60. The van der Waals surface area contributed by atoms with Crippen molar-refractivity contribution in [2.75, 3.05) is 13.2 Å². The van der Waals surface area contributed by atoms with Crippen molar-refractivity contribution < 1.29 is 9.47 Å². The molecular formula is C21H25BrO2. The summed E-state index contributed by atoms with van der Waals surface area (Å²) in [6, 6.07) is 4.03. The van der Waals surface area contributed by atoms with E-state index in [1.165, 1.54) is 0 Å². The molecule has 1 saturated heterocycles. The van der Waals surface area contributed by atoms with Crippen LogP contribution in [0.15, 0.2) is 16.6 Å². The van der Waals surface area contributed by atoms with Gasteiger partial charge < -0.3 is 9.47 Å². The average molecular weight is 389 g/mol. The fourth-order valence-corrected chi connectivity index (χ4v) is 2.57. The third-order valence-electron chi connectivity index (χ3n) is 3.15. The van der Waals surface area contributed by atoms with Crippen LogP contribution in [0, 0.1) is 34.5 Å². The van der Waals surface area contributed by atoms with Crippen LogP contribution in [0.1, 0.15) is 64.5 Å². The molecule has 3 heteroatoms. The molecule has 0 spiro atoms. The molecule has 0 atom stereocenters. The molecule has 1 aromatic carbocycles. The molecule has 128 valence electrons. The van der Waals surface area contributed by atoms with Crippen LogP contribution >= 0.6 is 15.9 Å². The predicted molar refractivity (Wildman–Crippen MR) is 101 cm³/mol. The molecule has 1 aliphatic heterocycles. The van der Waals surface area contributed by atoms with E-state index in [-0.39, 0.29) is 10.8 Å². The van der Waals surface area contributed by atoms with E-state index in [9.17, 15) is 0 Å². The first-order valence-electron chi connectivity index (χ1n) is 8.18. The first kappa shape index (κ1) is 19.1. The molecule has 0 saturated carbocycles. The Morgan fingerprint density at radius 1 is 0.875 bits per heavy atom. The molecule has 2 rings (SSSR count). The minimum Gasteiger partial charge on any atom is -0.346 e. The molecular weight excluding hydrogens is 364 g/mol. The van der Waals surface area contributed by atoms with E-state index in [0.29, 0.717) is 13.2 Å². The zero-order valence-corrected chi connectivity index (χ0v) is 16.9. The Kier molecular flexibility index (Phi) is 5.82. The molecule has 0 unspecified atom stereocenters. The molecule has 24 heavy (non-hydrogen) atoms. The quantitative estimate of drug-likeness (QED) is 0.608. The maximum Gasteiger partial charge on any atom is 0.186 e. The van der Waals surface area contributed by atoms with Crippen LogP contribution in [0.4, 0.5) is 0 Å². The standard InChI is InChI=1S/C21H25BrO2/c1-20(2,3)9-7-15-13-17(22)14-16(8-10-21(4,5)6)18(15)19-23-11-12-24-19/h13-14,19H,11-12H2,1-6H3. The van der Waals surface area contributed by atoms with Crippen LogP contribution in [0.3, 0.4) is 0 Å². The fraction of sp³-hybridized carbons (Fsp3) is 0.524. The van der Waals surface area contributed by atoms with Crippen molar-refractivity contribution in [2.45, 2.75) is 47.8 Å². The summed E-state index contributed by atoms with van der Waals surface area (Å²) in [5, 5.41) is 0. The minimum absolute atomic E-state index is 0.0752. The summed E-state index contributed by atoms with van der Waals surface area (Å²) >= 11 is 3.58. The van der Waals surface area contributed by atoms with Crippen molar-refractivity contribution in [3.63, 3.8) is 0 Å². The largest absolute Gasteiger partial charge is 0.346 e. The maximum atomic E-state index is 5.75. The Bertz CT molecular complexity index is 669. The summed E-state index contributed by atoms with van der Waals surface area (Å²) < 4.78 is 12.5. The van der Waals surface area contributed by atoms with E-state index in [2.05, 4.69) is 81.2 Å². The fourth-order valence-electron chi connectivity index (χ4n) is 2.11. The molecule has 0 aliphatic carbocycles. The van der Waals surface area contributed by atoms with Crippen molar-refractivity contribution in [1.29, 1.82) is 0 Å². The Labute approximate surface area is 154 Å². The van der Waals surface area contributed by atoms with E-state index in [1.54, 1.807) is 0 Å². The number of halogens is 1. The molecule has 1 heterocycles. The van der Waals surface area contributed by atoms with Gasteiger partial charge in [-0.25, -0.2) is 0 Å². The van der Waals surface area contributed by atoms with Crippen molar-refractivity contribution in [2.24, 2.45) is 10.8 Å². The number of hydrogen-bond donors (Lipinski definition) is 0. The van der Waals surface area contributed by atoms with Crippen LogP contribution in [-0.2, 0) is 9.47 Å². The lowest BCUT2D eigenvalue weighted by Gasteiger charge is -2.16. The van der Waals surface area contributed by atoms with Gasteiger partial charge in [0.2, 0.25) is 0 Å². The highest BCUT2D eigenvalue weighted by Crippen LogP contribution is 2.32. The van der Waals surface area contributed by atoms with Gasteiger partial charge in [0.1, 0.15) is 0 Å². The summed E-state index contributed by atoms with van der Waals surface area (Å²) in [6.07, 6.45) is -0.397. The second-order valence-electron chi connectivity index (χ2n) is 7.99. The number of rotatable bonds is 1. The molecule has 0 amide bonds. The van der Waals surface area contributed by atoms with Gasteiger partial charge in [-0.05, 0) is 53.7 Å². The van der Waals surface area contributed by atoms with E-state index < -0.39 is 6.29 Å². The highest BCUT2D eigenvalue weighted by Gasteiger charge is 2.24. The van der Waals surface area contributed by atoms with Gasteiger partial charge in [0.15, 0.2) is 6.29 Å². The second-order valence-corrected chi connectivity index (χ2v) is 8.90. The lowest BCUT2D eigenvalue weighted by Crippen LogP contribution is -2.07. The first-order chi connectivity index (χ1) is 11.1. The second kappa shape index (κ2) is 7.32. The molecule has 2 nitrogen and oxygen atoms in total. The summed E-state index contributed by atoms with van der Waals surface area (Å²) in [4.78, 5) is 0. The molecule has 1 aromatic rings. The SMILES string of the molecule is CC(C)(C)C#Cc1cc(Br)cc(C#CC(C)(C)C)c1C1OCCO1. The topological polar surface area (TPSA) is 18.5 Å². The van der Waals surface area contributed by atoms with Gasteiger partial charge in [0.05, 0.1) is 13.2 Å². The monoisotopic (exact) mass is 388 g/mol. The summed E-state index contributed by atoms with van der Waals surface area (Å²) in [5.74, 6) is 13.2. The third kappa shape index (κ3) is 5.67. The van der Waals surface area contributed by atoms with Gasteiger partial charge in [-0.3, -0.25) is 0 Å². The Balaban J connectivity index is 2.61. The molecule has 1 fully saturated rings. The number of benzene rings is 1. The molecule has 0 N–H and O–H groups in total. The van der Waals surface area contributed by atoms with Gasteiger partial charge >= 0.3 is 0 Å². The summed E-state index contributed by atoms with van der Waals surface area (Å²) in [6.45, 7) is 13.8. The van der Waals surface area contributed by atoms with Gasteiger partial charge in [-0.1, -0.05) is 39.6 Å². The summed E-state index contributed by atoms with van der Waals surface area (Å²) in [7, 11) is 0. The smallest absolute Gasteiger partial charge is 0.186 e. The lowest BCUT2D eigenvalue weighted by atomic mass is 9.94. The van der Waals surface area contributed by atoms with Crippen LogP contribution in [-0.4, -0.2) is 13.2 Å². The molecule has 0 radical (unpaired) electrons. The molecule has 1 aliphatic rings. The Morgan fingerprint density at radius 2 is 1.29 bits per heavy atom. The van der Waals surface area contributed by atoms with Crippen LogP contribution in [0.2, 0.25) is 0 Å².